The van der Waals surface area contributed by atoms with E-state index in [1.165, 1.54) is 60.8 Å². The van der Waals surface area contributed by atoms with Gasteiger partial charge in [0.1, 0.15) is 18.1 Å². The fourth-order valence-electron chi connectivity index (χ4n) is 2.75. The van der Waals surface area contributed by atoms with Gasteiger partial charge in [0.15, 0.2) is 10.9 Å². The van der Waals surface area contributed by atoms with Crippen molar-refractivity contribution in [1.82, 2.24) is 4.98 Å². The van der Waals surface area contributed by atoms with E-state index in [0.29, 0.717) is 17.2 Å². The number of nitro benzene ring substituents is 1. The van der Waals surface area contributed by atoms with E-state index in [9.17, 15) is 23.3 Å². The Morgan fingerprint density at radius 1 is 1.09 bits per heavy atom. The van der Waals surface area contributed by atoms with Gasteiger partial charge in [-0.2, -0.15) is 0 Å². The zero-order valence-electron chi connectivity index (χ0n) is 17.2. The maximum absolute atomic E-state index is 12.4. The Balaban J connectivity index is 1.33. The molecule has 0 bridgehead atoms. The first-order valence-electron chi connectivity index (χ1n) is 9.60. The molecule has 0 aliphatic carbocycles. The number of nitrogens with zero attached hydrogens (tertiary/aromatic N) is 2. The molecule has 0 spiro atoms. The van der Waals surface area contributed by atoms with Crippen LogP contribution in [0.3, 0.4) is 0 Å². The van der Waals surface area contributed by atoms with Crippen molar-refractivity contribution >= 4 is 43.8 Å². The monoisotopic (exact) mass is 500 g/mol. The molecule has 2 aromatic carbocycles. The highest BCUT2D eigenvalue weighted by molar-refractivity contribution is 7.93. The molecular weight excluding hydrogens is 484 g/mol. The summed E-state index contributed by atoms with van der Waals surface area (Å²) in [5.74, 6) is 0.285. The first kappa shape index (κ1) is 22.9. The molecule has 0 aliphatic heterocycles. The van der Waals surface area contributed by atoms with Crippen LogP contribution in [-0.4, -0.2) is 24.2 Å². The molecule has 0 atom stereocenters. The number of aromatic nitrogens is 1. The van der Waals surface area contributed by atoms with Gasteiger partial charge in [0, 0.05) is 29.4 Å². The van der Waals surface area contributed by atoms with Crippen molar-refractivity contribution in [2.75, 3.05) is 10.0 Å². The second-order valence-electron chi connectivity index (χ2n) is 6.73. The minimum atomic E-state index is -3.79. The topological polar surface area (TPSA) is 154 Å². The van der Waals surface area contributed by atoms with E-state index >= 15 is 0 Å². The third-order valence-corrected chi connectivity index (χ3v) is 6.56. The van der Waals surface area contributed by atoms with Crippen LogP contribution in [0.1, 0.15) is 16.3 Å². The number of nitrogens with one attached hydrogen (secondary N) is 2. The van der Waals surface area contributed by atoms with Crippen LogP contribution in [0, 0.1) is 10.1 Å². The number of furan rings is 1. The van der Waals surface area contributed by atoms with E-state index in [2.05, 4.69) is 15.0 Å². The number of hydrogen-bond donors (Lipinski definition) is 2. The summed E-state index contributed by atoms with van der Waals surface area (Å²) in [7, 11) is -3.79. The van der Waals surface area contributed by atoms with E-state index < -0.39 is 20.9 Å². The molecule has 0 fully saturated rings. The number of carbonyl (C=O) groups excluding carboxylic acids is 1. The van der Waals surface area contributed by atoms with Crippen LogP contribution in [0.2, 0.25) is 0 Å². The van der Waals surface area contributed by atoms with Gasteiger partial charge in [0.25, 0.3) is 21.6 Å². The Morgan fingerprint density at radius 3 is 2.47 bits per heavy atom. The van der Waals surface area contributed by atoms with Crippen molar-refractivity contribution < 1.29 is 27.3 Å². The molecule has 4 aromatic rings. The maximum Gasteiger partial charge on any atom is 0.291 e. The lowest BCUT2D eigenvalue weighted by atomic mass is 10.3. The van der Waals surface area contributed by atoms with E-state index in [4.69, 9.17) is 9.15 Å². The van der Waals surface area contributed by atoms with Gasteiger partial charge in [-0.3, -0.25) is 19.6 Å². The quantitative estimate of drug-likeness (QED) is 0.255. The summed E-state index contributed by atoms with van der Waals surface area (Å²) >= 11 is 1.16. The Morgan fingerprint density at radius 2 is 1.82 bits per heavy atom. The third-order valence-electron chi connectivity index (χ3n) is 4.39. The number of sulfonamides is 1. The average molecular weight is 501 g/mol. The van der Waals surface area contributed by atoms with Crippen molar-refractivity contribution in [2.24, 2.45) is 0 Å². The van der Waals surface area contributed by atoms with Gasteiger partial charge in [-0.1, -0.05) is 0 Å². The predicted molar refractivity (Wildman–Crippen MR) is 123 cm³/mol. The molecule has 2 aromatic heterocycles. The van der Waals surface area contributed by atoms with Gasteiger partial charge in [0.2, 0.25) is 0 Å². The van der Waals surface area contributed by atoms with E-state index in [1.54, 1.807) is 11.4 Å². The highest BCUT2D eigenvalue weighted by Gasteiger charge is 2.17. The largest absolute Gasteiger partial charge is 0.486 e. The molecule has 174 valence electrons. The molecule has 4 rings (SSSR count). The van der Waals surface area contributed by atoms with Gasteiger partial charge in [0.05, 0.1) is 9.82 Å². The molecule has 13 heteroatoms. The van der Waals surface area contributed by atoms with Crippen molar-refractivity contribution in [1.29, 1.82) is 0 Å². The van der Waals surface area contributed by atoms with Gasteiger partial charge < -0.3 is 14.5 Å². The molecule has 11 nitrogen and oxygen atoms in total. The lowest BCUT2D eigenvalue weighted by molar-refractivity contribution is -0.384. The summed E-state index contributed by atoms with van der Waals surface area (Å²) in [6.45, 7) is 0.0176. The minimum Gasteiger partial charge on any atom is -0.486 e. The lowest BCUT2D eigenvalue weighted by Crippen LogP contribution is -2.13. The van der Waals surface area contributed by atoms with Crippen LogP contribution < -0.4 is 14.8 Å². The van der Waals surface area contributed by atoms with Crippen molar-refractivity contribution in [3.05, 3.63) is 93.9 Å². The number of hydrogen-bond acceptors (Lipinski definition) is 9. The van der Waals surface area contributed by atoms with Gasteiger partial charge in [-0.25, -0.2) is 13.4 Å². The summed E-state index contributed by atoms with van der Waals surface area (Å²) in [5.41, 5.74) is 0.323. The highest BCUT2D eigenvalue weighted by atomic mass is 32.2. The zero-order valence-corrected chi connectivity index (χ0v) is 18.8. The second-order valence-corrected chi connectivity index (χ2v) is 9.30. The normalized spacial score (nSPS) is 11.1. The number of thiazole rings is 1. The lowest BCUT2D eigenvalue weighted by Gasteiger charge is -2.07. The molecule has 0 saturated carbocycles. The Hall–Kier alpha value is -4.23. The summed E-state index contributed by atoms with van der Waals surface area (Å²) in [4.78, 5) is 26.5. The number of anilines is 2. The molecular formula is C21H16N4O7S2. The molecule has 2 N–H and O–H groups in total. The number of nitro groups is 1. The highest BCUT2D eigenvalue weighted by Crippen LogP contribution is 2.21. The molecule has 2 heterocycles. The fourth-order valence-corrected chi connectivity index (χ4v) is 4.54. The molecule has 1 amide bonds. The van der Waals surface area contributed by atoms with Crippen molar-refractivity contribution in [3.63, 3.8) is 0 Å². The predicted octanol–water partition coefficient (Wildman–Crippen LogP) is 4.28. The number of benzene rings is 2. The number of carbonyl (C=O) groups is 1. The van der Waals surface area contributed by atoms with Gasteiger partial charge in [-0.05, 0) is 48.5 Å². The number of amides is 1. The van der Waals surface area contributed by atoms with Crippen LogP contribution in [0.15, 0.2) is 81.6 Å². The SMILES string of the molecule is O=C(Nc1ccc(S(=O)(=O)Nc2nccs2)cc1)c1ccc(COc2ccc([N+](=O)[O-])cc2)o1. The number of ether oxygens (including phenoxy) is 1. The summed E-state index contributed by atoms with van der Waals surface area (Å²) in [6, 6.07) is 14.2. The van der Waals surface area contributed by atoms with E-state index in [0.717, 1.165) is 11.3 Å². The fraction of sp³-hybridized carbons (Fsp3) is 0.0476. The first-order valence-corrected chi connectivity index (χ1v) is 12.0. The van der Waals surface area contributed by atoms with Crippen LogP contribution >= 0.6 is 11.3 Å². The minimum absolute atomic E-state index is 0.0176. The summed E-state index contributed by atoms with van der Waals surface area (Å²) < 4.78 is 38.1. The standard InChI is InChI=1S/C21H16N4O7S2/c26-20(19-10-7-17(32-19)13-31-16-5-3-15(4-6-16)25(27)28)23-14-1-8-18(9-2-14)34(29,30)24-21-22-11-12-33-21/h1-12H,13H2,(H,22,24)(H,23,26). The first-order chi connectivity index (χ1) is 16.3. The van der Waals surface area contributed by atoms with Crippen LogP contribution in [-0.2, 0) is 16.6 Å². The smallest absolute Gasteiger partial charge is 0.291 e. The Bertz CT molecular complexity index is 1400. The van der Waals surface area contributed by atoms with Crippen LogP contribution in [0.5, 0.6) is 5.75 Å². The second kappa shape index (κ2) is 9.72. The van der Waals surface area contributed by atoms with Crippen LogP contribution in [0.25, 0.3) is 0 Å². The average Bonchev–Trinajstić information content (AvgIpc) is 3.50. The summed E-state index contributed by atoms with van der Waals surface area (Å²) in [6.07, 6.45) is 1.49. The zero-order chi connectivity index (χ0) is 24.1. The Labute approximate surface area is 197 Å². The maximum atomic E-state index is 12.4. The van der Waals surface area contributed by atoms with Gasteiger partial charge in [-0.15, -0.1) is 11.3 Å². The van der Waals surface area contributed by atoms with E-state index in [-0.39, 0.29) is 28.1 Å². The number of non-ortho nitro benzene ring substituents is 1. The van der Waals surface area contributed by atoms with Crippen molar-refractivity contribution in [2.45, 2.75) is 11.5 Å². The van der Waals surface area contributed by atoms with Crippen molar-refractivity contribution in [3.8, 4) is 5.75 Å². The summed E-state index contributed by atoms with van der Waals surface area (Å²) in [5, 5.41) is 15.2. The molecule has 0 unspecified atom stereocenters. The third kappa shape index (κ3) is 5.57. The molecule has 34 heavy (non-hydrogen) atoms. The molecule has 0 aliphatic rings. The molecule has 0 saturated heterocycles. The van der Waals surface area contributed by atoms with Gasteiger partial charge >= 0.3 is 0 Å². The number of rotatable bonds is 9. The van der Waals surface area contributed by atoms with Crippen LogP contribution in [0.4, 0.5) is 16.5 Å². The molecule has 0 radical (unpaired) electrons. The Kier molecular flexibility index (Phi) is 6.56. The van der Waals surface area contributed by atoms with E-state index in [1.807, 2.05) is 0 Å².